The van der Waals surface area contributed by atoms with Crippen LogP contribution in [0.5, 0.6) is 0 Å². The zero-order chi connectivity index (χ0) is 15.6. The lowest BCUT2D eigenvalue weighted by Gasteiger charge is -2.11. The highest BCUT2D eigenvalue weighted by Gasteiger charge is 2.18. The number of hydrogen-bond acceptors (Lipinski definition) is 4. The van der Waals surface area contributed by atoms with E-state index in [0.717, 1.165) is 16.6 Å². The van der Waals surface area contributed by atoms with E-state index in [1.54, 1.807) is 10.9 Å². The van der Waals surface area contributed by atoms with Gasteiger partial charge < -0.3 is 5.11 Å². The van der Waals surface area contributed by atoms with Gasteiger partial charge in [0.15, 0.2) is 5.65 Å². The molecule has 4 aromatic rings. The van der Waals surface area contributed by atoms with Gasteiger partial charge in [0, 0.05) is 0 Å². The van der Waals surface area contributed by atoms with Crippen LogP contribution in [0.1, 0.15) is 17.4 Å². The maximum absolute atomic E-state index is 10.6. The van der Waals surface area contributed by atoms with Crippen LogP contribution in [0, 0.1) is 0 Å². The first-order valence-corrected chi connectivity index (χ1v) is 7.31. The lowest BCUT2D eigenvalue weighted by atomic mass is 10.0. The first-order valence-electron chi connectivity index (χ1n) is 7.31. The molecule has 2 aromatic heterocycles. The minimum absolute atomic E-state index is 0.559. The first-order chi connectivity index (χ1) is 11.3. The smallest absolute Gasteiger partial charge is 0.166 e. The van der Waals surface area contributed by atoms with Gasteiger partial charge in [0.1, 0.15) is 12.4 Å². The van der Waals surface area contributed by atoms with Gasteiger partial charge in [-0.25, -0.2) is 14.6 Å². The highest BCUT2D eigenvalue weighted by Crippen LogP contribution is 2.26. The highest BCUT2D eigenvalue weighted by molar-refractivity contribution is 5.79. The second-order valence-corrected chi connectivity index (χ2v) is 5.20. The molecule has 0 saturated heterocycles. The van der Waals surface area contributed by atoms with Gasteiger partial charge in [-0.2, -0.15) is 5.10 Å². The summed E-state index contributed by atoms with van der Waals surface area (Å²) in [5, 5.41) is 15.8. The summed E-state index contributed by atoms with van der Waals surface area (Å²) in [7, 11) is 0. The molecule has 0 saturated carbocycles. The molecule has 5 nitrogen and oxygen atoms in total. The Hall–Kier alpha value is -3.05. The zero-order valence-corrected chi connectivity index (χ0v) is 12.2. The average molecular weight is 302 g/mol. The molecule has 23 heavy (non-hydrogen) atoms. The molecule has 1 unspecified atom stereocenters. The summed E-state index contributed by atoms with van der Waals surface area (Å²) < 4.78 is 1.75. The van der Waals surface area contributed by atoms with Gasteiger partial charge in [-0.15, -0.1) is 0 Å². The van der Waals surface area contributed by atoms with Crippen LogP contribution >= 0.6 is 0 Å². The fraction of sp³-hybridized carbons (Fsp3) is 0.0556. The number of nitrogens with zero attached hydrogens (tertiary/aromatic N) is 4. The molecule has 0 aliphatic heterocycles. The van der Waals surface area contributed by atoms with Crippen molar-refractivity contribution in [1.82, 2.24) is 19.7 Å². The number of benzene rings is 2. The number of rotatable bonds is 3. The van der Waals surface area contributed by atoms with Gasteiger partial charge in [0.2, 0.25) is 0 Å². The van der Waals surface area contributed by atoms with E-state index in [1.165, 1.54) is 6.33 Å². The fourth-order valence-corrected chi connectivity index (χ4v) is 2.63. The van der Waals surface area contributed by atoms with Crippen molar-refractivity contribution in [3.63, 3.8) is 0 Å². The quantitative estimate of drug-likeness (QED) is 0.632. The normalized spacial score (nSPS) is 12.4. The Balaban J connectivity index is 1.86. The number of fused-ring (bicyclic) bond motifs is 1. The zero-order valence-electron chi connectivity index (χ0n) is 12.2. The molecule has 4 rings (SSSR count). The van der Waals surface area contributed by atoms with Crippen LogP contribution in [0.15, 0.2) is 73.2 Å². The standard InChI is InChI=1S/C18H14N4O/c23-17(13-7-3-1-4-8-13)16-15-11-21-22(18(15)20-12-19-16)14-9-5-2-6-10-14/h1-12,17,23H. The van der Waals surface area contributed by atoms with Crippen molar-refractivity contribution in [2.24, 2.45) is 0 Å². The van der Waals surface area contributed by atoms with Crippen molar-refractivity contribution in [2.75, 3.05) is 0 Å². The predicted molar refractivity (Wildman–Crippen MR) is 87.2 cm³/mol. The van der Waals surface area contributed by atoms with Crippen LogP contribution < -0.4 is 0 Å². The van der Waals surface area contributed by atoms with Crippen LogP contribution in [0.25, 0.3) is 16.7 Å². The Bertz CT molecular complexity index is 935. The number of hydrogen-bond donors (Lipinski definition) is 1. The van der Waals surface area contributed by atoms with Gasteiger partial charge >= 0.3 is 0 Å². The van der Waals surface area contributed by atoms with Gasteiger partial charge in [-0.05, 0) is 17.7 Å². The van der Waals surface area contributed by atoms with E-state index in [4.69, 9.17) is 0 Å². The van der Waals surface area contributed by atoms with Crippen molar-refractivity contribution in [2.45, 2.75) is 6.10 Å². The molecule has 2 aromatic carbocycles. The number of aliphatic hydroxyl groups is 1. The summed E-state index contributed by atoms with van der Waals surface area (Å²) in [6, 6.07) is 19.2. The maximum Gasteiger partial charge on any atom is 0.166 e. The summed E-state index contributed by atoms with van der Waals surface area (Å²) in [6.45, 7) is 0. The van der Waals surface area contributed by atoms with E-state index in [9.17, 15) is 5.11 Å². The molecule has 0 aliphatic rings. The summed E-state index contributed by atoms with van der Waals surface area (Å²) in [4.78, 5) is 8.61. The van der Waals surface area contributed by atoms with Crippen LogP contribution in [0.4, 0.5) is 0 Å². The van der Waals surface area contributed by atoms with Crippen molar-refractivity contribution in [1.29, 1.82) is 0 Å². The largest absolute Gasteiger partial charge is 0.382 e. The van der Waals surface area contributed by atoms with Gasteiger partial charge in [-0.1, -0.05) is 48.5 Å². The lowest BCUT2D eigenvalue weighted by molar-refractivity contribution is 0.217. The van der Waals surface area contributed by atoms with Crippen LogP contribution in [0.2, 0.25) is 0 Å². The average Bonchev–Trinajstić information content (AvgIpc) is 3.07. The van der Waals surface area contributed by atoms with Crippen LogP contribution in [0.3, 0.4) is 0 Å². The predicted octanol–water partition coefficient (Wildman–Crippen LogP) is 2.90. The third-order valence-electron chi connectivity index (χ3n) is 3.77. The van der Waals surface area contributed by atoms with E-state index in [0.29, 0.717) is 11.3 Å². The summed E-state index contributed by atoms with van der Waals surface area (Å²) >= 11 is 0. The van der Waals surface area contributed by atoms with Gasteiger partial charge in [0.05, 0.1) is 23.0 Å². The second-order valence-electron chi connectivity index (χ2n) is 5.20. The monoisotopic (exact) mass is 302 g/mol. The Labute approximate surface area is 132 Å². The minimum atomic E-state index is -0.810. The molecule has 0 amide bonds. The Morgan fingerprint density at radius 1 is 0.870 bits per heavy atom. The SMILES string of the molecule is OC(c1ccccc1)c1ncnc2c1cnn2-c1ccccc1. The van der Waals surface area contributed by atoms with Crippen molar-refractivity contribution < 1.29 is 5.11 Å². The third kappa shape index (κ3) is 2.37. The van der Waals surface area contributed by atoms with Crippen molar-refractivity contribution >= 4 is 11.0 Å². The van der Waals surface area contributed by atoms with E-state index in [2.05, 4.69) is 15.1 Å². The molecule has 0 spiro atoms. The van der Waals surface area contributed by atoms with E-state index < -0.39 is 6.10 Å². The fourth-order valence-electron chi connectivity index (χ4n) is 2.63. The summed E-state index contributed by atoms with van der Waals surface area (Å²) in [5.41, 5.74) is 2.95. The Kier molecular flexibility index (Phi) is 3.33. The molecule has 1 N–H and O–H groups in total. The number of para-hydroxylation sites is 1. The van der Waals surface area contributed by atoms with Crippen molar-refractivity contribution in [3.8, 4) is 5.69 Å². The maximum atomic E-state index is 10.6. The molecule has 1 atom stereocenters. The molecule has 0 bridgehead atoms. The van der Waals surface area contributed by atoms with Crippen molar-refractivity contribution in [3.05, 3.63) is 84.4 Å². The number of aromatic nitrogens is 4. The van der Waals surface area contributed by atoms with E-state index in [-0.39, 0.29) is 0 Å². The first kappa shape index (κ1) is 13.6. The van der Waals surface area contributed by atoms with E-state index in [1.807, 2.05) is 60.7 Å². The Morgan fingerprint density at radius 3 is 2.30 bits per heavy atom. The minimum Gasteiger partial charge on any atom is -0.382 e. The lowest BCUT2D eigenvalue weighted by Crippen LogP contribution is -2.04. The summed E-state index contributed by atoms with van der Waals surface area (Å²) in [6.07, 6.45) is 2.35. The van der Waals surface area contributed by atoms with E-state index >= 15 is 0 Å². The van der Waals surface area contributed by atoms with Gasteiger partial charge in [0.25, 0.3) is 0 Å². The second kappa shape index (κ2) is 5.62. The van der Waals surface area contributed by atoms with Crippen LogP contribution in [-0.2, 0) is 0 Å². The highest BCUT2D eigenvalue weighted by atomic mass is 16.3. The molecular formula is C18H14N4O. The molecule has 0 fully saturated rings. The topological polar surface area (TPSA) is 63.8 Å². The molecule has 5 heteroatoms. The number of aliphatic hydroxyl groups excluding tert-OH is 1. The van der Waals surface area contributed by atoms with Crippen LogP contribution in [-0.4, -0.2) is 24.9 Å². The molecular weight excluding hydrogens is 288 g/mol. The molecule has 0 radical (unpaired) electrons. The molecule has 112 valence electrons. The summed E-state index contributed by atoms with van der Waals surface area (Å²) in [5.74, 6) is 0. The van der Waals surface area contributed by atoms with Gasteiger partial charge in [-0.3, -0.25) is 0 Å². The molecule has 0 aliphatic carbocycles. The Morgan fingerprint density at radius 2 is 1.57 bits per heavy atom. The molecule has 2 heterocycles. The third-order valence-corrected chi connectivity index (χ3v) is 3.77.